The number of aryl methyl sites for hydroxylation is 4. The third-order valence-electron chi connectivity index (χ3n) is 8.06. The van der Waals surface area contributed by atoms with Crippen molar-refractivity contribution >= 4 is 14.7 Å². The standard InChI is InChI=1S/C38H40O4P2/c1-29-13-5-9-17-33(29)25-43(39,26-34-18-10-6-14-30(34)2)41-37-21-23-38(24-22-37)42-44(40,27-35-19-11-7-15-31(35)3)28-36-20-12-8-16-32(36)4/h5-24H,25-28H2,1-4H3. The maximum Gasteiger partial charge on any atom is 0.256 e. The average molecular weight is 623 g/mol. The Labute approximate surface area is 262 Å². The van der Waals surface area contributed by atoms with Crippen LogP contribution in [0.3, 0.4) is 0 Å². The van der Waals surface area contributed by atoms with E-state index in [1.165, 1.54) is 0 Å². The molecule has 4 nitrogen and oxygen atoms in total. The Morgan fingerprint density at radius 3 is 0.841 bits per heavy atom. The summed E-state index contributed by atoms with van der Waals surface area (Å²) in [4.78, 5) is 0. The van der Waals surface area contributed by atoms with Crippen LogP contribution in [0.1, 0.15) is 44.5 Å². The van der Waals surface area contributed by atoms with Gasteiger partial charge in [0.05, 0.1) is 24.6 Å². The van der Waals surface area contributed by atoms with E-state index in [-0.39, 0.29) is 0 Å². The number of benzene rings is 5. The van der Waals surface area contributed by atoms with Crippen LogP contribution in [0, 0.1) is 27.7 Å². The molecule has 0 aliphatic carbocycles. The molecule has 0 heterocycles. The van der Waals surface area contributed by atoms with Gasteiger partial charge in [-0.3, -0.25) is 9.13 Å². The van der Waals surface area contributed by atoms with E-state index in [9.17, 15) is 9.13 Å². The molecule has 0 radical (unpaired) electrons. The fraction of sp³-hybridized carbons (Fsp3) is 0.211. The van der Waals surface area contributed by atoms with Gasteiger partial charge in [-0.2, -0.15) is 0 Å². The quantitative estimate of drug-likeness (QED) is 0.130. The van der Waals surface area contributed by atoms with Crippen molar-refractivity contribution in [2.24, 2.45) is 0 Å². The predicted octanol–water partition coefficient (Wildman–Crippen LogP) is 11.0. The van der Waals surface area contributed by atoms with Crippen molar-refractivity contribution in [3.05, 3.63) is 166 Å². The van der Waals surface area contributed by atoms with Crippen molar-refractivity contribution in [2.45, 2.75) is 52.3 Å². The van der Waals surface area contributed by atoms with Gasteiger partial charge in [-0.05, 0) is 96.5 Å². The van der Waals surface area contributed by atoms with Gasteiger partial charge in [0.1, 0.15) is 11.5 Å². The summed E-state index contributed by atoms with van der Waals surface area (Å²) >= 11 is 0. The van der Waals surface area contributed by atoms with E-state index in [1.54, 1.807) is 24.3 Å². The zero-order valence-corrected chi connectivity index (χ0v) is 27.7. The van der Waals surface area contributed by atoms with Gasteiger partial charge in [-0.1, -0.05) is 97.1 Å². The largest absolute Gasteiger partial charge is 0.442 e. The first kappa shape index (κ1) is 31.6. The molecule has 5 aromatic carbocycles. The van der Waals surface area contributed by atoms with Crippen molar-refractivity contribution in [1.82, 2.24) is 0 Å². The van der Waals surface area contributed by atoms with Crippen LogP contribution in [0.2, 0.25) is 0 Å². The van der Waals surface area contributed by atoms with Crippen molar-refractivity contribution in [1.29, 1.82) is 0 Å². The molecule has 44 heavy (non-hydrogen) atoms. The van der Waals surface area contributed by atoms with E-state index < -0.39 is 14.7 Å². The van der Waals surface area contributed by atoms with E-state index >= 15 is 0 Å². The molecule has 5 aromatic rings. The molecular formula is C38H40O4P2. The minimum atomic E-state index is -3.19. The lowest BCUT2D eigenvalue weighted by atomic mass is 10.1. The molecule has 0 amide bonds. The summed E-state index contributed by atoms with van der Waals surface area (Å²) in [5.74, 6) is 0.992. The van der Waals surface area contributed by atoms with Crippen LogP contribution in [0.15, 0.2) is 121 Å². The Kier molecular flexibility index (Phi) is 9.94. The zero-order chi connectivity index (χ0) is 31.2. The van der Waals surface area contributed by atoms with Gasteiger partial charge in [-0.15, -0.1) is 0 Å². The molecule has 0 unspecified atom stereocenters. The molecular weight excluding hydrogens is 582 g/mol. The Balaban J connectivity index is 1.40. The Morgan fingerprint density at radius 2 is 0.614 bits per heavy atom. The highest BCUT2D eigenvalue weighted by molar-refractivity contribution is 7.58. The Morgan fingerprint density at radius 1 is 0.386 bits per heavy atom. The fourth-order valence-electron chi connectivity index (χ4n) is 5.37. The van der Waals surface area contributed by atoms with E-state index in [0.29, 0.717) is 36.1 Å². The lowest BCUT2D eigenvalue weighted by Gasteiger charge is -2.23. The molecule has 0 aromatic heterocycles. The van der Waals surface area contributed by atoms with Crippen LogP contribution >= 0.6 is 14.7 Å². The minimum absolute atomic E-state index is 0.328. The average Bonchev–Trinajstić information content (AvgIpc) is 2.99. The van der Waals surface area contributed by atoms with Gasteiger partial charge in [0, 0.05) is 0 Å². The van der Waals surface area contributed by atoms with Crippen LogP contribution in [-0.2, 0) is 33.8 Å². The van der Waals surface area contributed by atoms with Gasteiger partial charge < -0.3 is 9.05 Å². The molecule has 0 aliphatic rings. The molecule has 6 heteroatoms. The number of rotatable bonds is 12. The Hall–Kier alpha value is -3.84. The monoisotopic (exact) mass is 622 g/mol. The first-order valence-electron chi connectivity index (χ1n) is 14.9. The summed E-state index contributed by atoms with van der Waals surface area (Å²) in [5.41, 5.74) is 8.39. The molecule has 226 valence electrons. The first-order chi connectivity index (χ1) is 21.1. The second-order valence-corrected chi connectivity index (χ2v) is 16.5. The maximum atomic E-state index is 14.5. The molecule has 0 fully saturated rings. The maximum absolute atomic E-state index is 14.5. The highest BCUT2D eigenvalue weighted by atomic mass is 31.2. The predicted molar refractivity (Wildman–Crippen MR) is 182 cm³/mol. The van der Waals surface area contributed by atoms with E-state index in [2.05, 4.69) is 0 Å². The van der Waals surface area contributed by atoms with Crippen molar-refractivity contribution in [2.75, 3.05) is 0 Å². The van der Waals surface area contributed by atoms with Crippen LogP contribution in [-0.4, -0.2) is 0 Å². The summed E-state index contributed by atoms with van der Waals surface area (Å²) in [6, 6.07) is 39.1. The summed E-state index contributed by atoms with van der Waals surface area (Å²) < 4.78 is 41.7. The minimum Gasteiger partial charge on any atom is -0.442 e. The second kappa shape index (κ2) is 13.9. The van der Waals surface area contributed by atoms with Gasteiger partial charge in [0.2, 0.25) is 0 Å². The normalized spacial score (nSPS) is 11.7. The van der Waals surface area contributed by atoms with E-state index in [4.69, 9.17) is 9.05 Å². The highest BCUT2D eigenvalue weighted by Crippen LogP contribution is 2.56. The molecule has 0 spiro atoms. The summed E-state index contributed by atoms with van der Waals surface area (Å²) in [6.07, 6.45) is 1.31. The number of hydrogen-bond donors (Lipinski definition) is 0. The summed E-state index contributed by atoms with van der Waals surface area (Å²) in [7, 11) is -6.39. The summed E-state index contributed by atoms with van der Waals surface area (Å²) in [6.45, 7) is 8.13. The van der Waals surface area contributed by atoms with Crippen LogP contribution in [0.4, 0.5) is 0 Å². The van der Waals surface area contributed by atoms with Crippen molar-refractivity contribution < 1.29 is 18.2 Å². The van der Waals surface area contributed by atoms with Gasteiger partial charge in [0.25, 0.3) is 14.7 Å². The molecule has 0 bridgehead atoms. The molecule has 5 rings (SSSR count). The van der Waals surface area contributed by atoms with Crippen LogP contribution in [0.5, 0.6) is 11.5 Å². The Bertz CT molecular complexity index is 1590. The number of hydrogen-bond acceptors (Lipinski definition) is 4. The first-order valence-corrected chi connectivity index (χ1v) is 18.9. The van der Waals surface area contributed by atoms with Crippen LogP contribution < -0.4 is 9.05 Å². The molecule has 0 atom stereocenters. The van der Waals surface area contributed by atoms with Gasteiger partial charge >= 0.3 is 0 Å². The highest BCUT2D eigenvalue weighted by Gasteiger charge is 2.29. The summed E-state index contributed by atoms with van der Waals surface area (Å²) in [5, 5.41) is 0. The van der Waals surface area contributed by atoms with Crippen molar-refractivity contribution in [3.8, 4) is 11.5 Å². The smallest absolute Gasteiger partial charge is 0.256 e. The third kappa shape index (κ3) is 8.20. The lowest BCUT2D eigenvalue weighted by Crippen LogP contribution is -2.04. The topological polar surface area (TPSA) is 52.6 Å². The molecule has 0 N–H and O–H groups in total. The lowest BCUT2D eigenvalue weighted by molar-refractivity contribution is 0.471. The second-order valence-electron chi connectivity index (χ2n) is 11.6. The molecule has 0 saturated carbocycles. The van der Waals surface area contributed by atoms with Crippen molar-refractivity contribution in [3.63, 3.8) is 0 Å². The van der Waals surface area contributed by atoms with E-state index in [1.807, 2.05) is 125 Å². The fourth-order valence-corrected chi connectivity index (χ4v) is 10.4. The SMILES string of the molecule is Cc1ccccc1CP(=O)(Cc1ccccc1C)Oc1ccc(OP(=O)(Cc2ccccc2C)Cc2ccccc2C)cc1. The third-order valence-corrected chi connectivity index (χ3v) is 12.4. The van der Waals surface area contributed by atoms with Gasteiger partial charge in [-0.25, -0.2) is 0 Å². The van der Waals surface area contributed by atoms with Crippen LogP contribution in [0.25, 0.3) is 0 Å². The molecule has 0 saturated heterocycles. The zero-order valence-electron chi connectivity index (χ0n) is 25.9. The van der Waals surface area contributed by atoms with Gasteiger partial charge in [0.15, 0.2) is 0 Å². The molecule has 0 aliphatic heterocycles. The van der Waals surface area contributed by atoms with E-state index in [0.717, 1.165) is 44.5 Å².